The smallest absolute Gasteiger partial charge is 0.251 e. The monoisotopic (exact) mass is 356 g/mol. The molecule has 2 aliphatic rings. The Hall–Kier alpha value is -1.84. The van der Waals surface area contributed by atoms with Crippen molar-refractivity contribution in [1.82, 2.24) is 9.62 Å². The van der Waals surface area contributed by atoms with E-state index < -0.39 is 10.0 Å². The van der Waals surface area contributed by atoms with E-state index in [-0.39, 0.29) is 25.0 Å². The number of carbonyl (C=O) groups excluding carboxylic acids is 1. The van der Waals surface area contributed by atoms with E-state index in [0.29, 0.717) is 30.2 Å². The van der Waals surface area contributed by atoms with Crippen LogP contribution >= 0.6 is 0 Å². The Morgan fingerprint density at radius 3 is 2.71 bits per heavy atom. The van der Waals surface area contributed by atoms with Gasteiger partial charge in [-0.15, -0.1) is 0 Å². The molecule has 2 N–H and O–H groups in total. The molecule has 1 fully saturated rings. The summed E-state index contributed by atoms with van der Waals surface area (Å²) in [6.07, 6.45) is 0. The summed E-state index contributed by atoms with van der Waals surface area (Å²) in [4.78, 5) is 13.5. The van der Waals surface area contributed by atoms with Crippen LogP contribution in [0, 0.1) is 0 Å². The zero-order chi connectivity index (χ0) is 17.2. The van der Waals surface area contributed by atoms with Crippen molar-refractivity contribution in [3.63, 3.8) is 0 Å². The molecule has 3 rings (SSSR count). The van der Waals surface area contributed by atoms with Gasteiger partial charge in [-0.05, 0) is 18.2 Å². The van der Waals surface area contributed by atoms with Crippen LogP contribution in [0.25, 0.3) is 0 Å². The number of amides is 1. The fourth-order valence-corrected chi connectivity index (χ4v) is 4.07. The highest BCUT2D eigenvalue weighted by molar-refractivity contribution is 7.89. The van der Waals surface area contributed by atoms with Gasteiger partial charge >= 0.3 is 0 Å². The maximum atomic E-state index is 12.3. The van der Waals surface area contributed by atoms with Crippen LogP contribution in [0.15, 0.2) is 18.2 Å². The van der Waals surface area contributed by atoms with E-state index in [1.165, 1.54) is 9.21 Å². The minimum atomic E-state index is -3.33. The number of benzene rings is 1. The number of sulfonamides is 1. The van der Waals surface area contributed by atoms with Gasteiger partial charge in [0.15, 0.2) is 11.5 Å². The number of piperazine rings is 1. The molecule has 2 heterocycles. The van der Waals surface area contributed by atoms with E-state index in [1.54, 1.807) is 18.2 Å². The molecule has 0 saturated carbocycles. The van der Waals surface area contributed by atoms with Crippen LogP contribution in [0.2, 0.25) is 0 Å². The first-order chi connectivity index (χ1) is 11.5. The minimum Gasteiger partial charge on any atom is -0.454 e. The lowest BCUT2D eigenvalue weighted by Crippen LogP contribution is -3.12. The van der Waals surface area contributed by atoms with Gasteiger partial charge in [-0.25, -0.2) is 8.42 Å². The number of carbonyl (C=O) groups is 1. The van der Waals surface area contributed by atoms with Crippen molar-refractivity contribution in [3.8, 4) is 11.5 Å². The van der Waals surface area contributed by atoms with Gasteiger partial charge in [0, 0.05) is 12.1 Å². The maximum absolute atomic E-state index is 12.3. The summed E-state index contributed by atoms with van der Waals surface area (Å²) < 4.78 is 36.5. The first-order valence-corrected chi connectivity index (χ1v) is 9.53. The number of likely N-dealkylation sites (N-methyl/N-ethyl adjacent to an activating group) is 1. The van der Waals surface area contributed by atoms with Gasteiger partial charge in [0.1, 0.15) is 0 Å². The topological polar surface area (TPSA) is 89.4 Å². The van der Waals surface area contributed by atoms with Crippen molar-refractivity contribution >= 4 is 15.9 Å². The number of fused-ring (bicyclic) bond motifs is 1. The largest absolute Gasteiger partial charge is 0.454 e. The number of hydrogen-bond donors (Lipinski definition) is 2. The second-order valence-electron chi connectivity index (χ2n) is 6.00. The van der Waals surface area contributed by atoms with Gasteiger partial charge < -0.3 is 19.7 Å². The molecule has 0 aromatic heterocycles. The Morgan fingerprint density at radius 1 is 1.25 bits per heavy atom. The fraction of sp³-hybridized carbons (Fsp3) is 0.533. The predicted molar refractivity (Wildman–Crippen MR) is 86.9 cm³/mol. The van der Waals surface area contributed by atoms with E-state index in [4.69, 9.17) is 9.47 Å². The zero-order valence-electron chi connectivity index (χ0n) is 13.6. The Balaban J connectivity index is 1.51. The van der Waals surface area contributed by atoms with Gasteiger partial charge in [-0.1, -0.05) is 0 Å². The average Bonchev–Trinajstić information content (AvgIpc) is 3.02. The summed E-state index contributed by atoms with van der Waals surface area (Å²) in [6.45, 7) is 2.90. The lowest BCUT2D eigenvalue weighted by Gasteiger charge is -2.29. The van der Waals surface area contributed by atoms with Crippen LogP contribution in [0.3, 0.4) is 0 Å². The first kappa shape index (κ1) is 17.0. The summed E-state index contributed by atoms with van der Waals surface area (Å²) >= 11 is 0. The van der Waals surface area contributed by atoms with Crippen LogP contribution in [-0.2, 0) is 10.0 Å². The van der Waals surface area contributed by atoms with E-state index in [9.17, 15) is 13.2 Å². The lowest BCUT2D eigenvalue weighted by molar-refractivity contribution is -0.883. The third-order valence-electron chi connectivity index (χ3n) is 4.25. The summed E-state index contributed by atoms with van der Waals surface area (Å²) in [6, 6.07) is 4.89. The van der Waals surface area contributed by atoms with Crippen molar-refractivity contribution in [3.05, 3.63) is 23.8 Å². The summed E-state index contributed by atoms with van der Waals surface area (Å²) in [5, 5.41) is 2.65. The van der Waals surface area contributed by atoms with Crippen molar-refractivity contribution in [1.29, 1.82) is 0 Å². The molecule has 1 saturated heterocycles. The molecular weight excluding hydrogens is 334 g/mol. The Kier molecular flexibility index (Phi) is 4.93. The molecule has 2 aliphatic heterocycles. The van der Waals surface area contributed by atoms with Crippen molar-refractivity contribution in [2.75, 3.05) is 52.3 Å². The molecule has 132 valence electrons. The highest BCUT2D eigenvalue weighted by Crippen LogP contribution is 2.32. The third kappa shape index (κ3) is 3.80. The van der Waals surface area contributed by atoms with E-state index in [1.807, 2.05) is 0 Å². The molecule has 0 spiro atoms. The molecule has 9 heteroatoms. The molecule has 0 aliphatic carbocycles. The molecule has 0 radical (unpaired) electrons. The fourth-order valence-electron chi connectivity index (χ4n) is 2.71. The third-order valence-corrected chi connectivity index (χ3v) is 6.12. The van der Waals surface area contributed by atoms with E-state index in [2.05, 4.69) is 12.4 Å². The van der Waals surface area contributed by atoms with Crippen LogP contribution in [-0.4, -0.2) is 70.9 Å². The minimum absolute atomic E-state index is 0.0782. The second kappa shape index (κ2) is 6.96. The van der Waals surface area contributed by atoms with Crippen molar-refractivity contribution in [2.24, 2.45) is 0 Å². The van der Waals surface area contributed by atoms with E-state index in [0.717, 1.165) is 13.1 Å². The summed E-state index contributed by atoms with van der Waals surface area (Å²) in [5.74, 6) is 0.704. The first-order valence-electron chi connectivity index (χ1n) is 7.93. The molecule has 1 amide bonds. The molecule has 1 aromatic rings. The highest BCUT2D eigenvalue weighted by Gasteiger charge is 2.27. The van der Waals surface area contributed by atoms with Crippen molar-refractivity contribution < 1.29 is 27.6 Å². The second-order valence-corrected chi connectivity index (χ2v) is 8.08. The maximum Gasteiger partial charge on any atom is 0.251 e. The van der Waals surface area contributed by atoms with Gasteiger partial charge in [0.05, 0.1) is 39.0 Å². The average molecular weight is 356 g/mol. The van der Waals surface area contributed by atoms with Crippen molar-refractivity contribution in [2.45, 2.75) is 0 Å². The summed E-state index contributed by atoms with van der Waals surface area (Å²) in [5.41, 5.74) is 0.417. The predicted octanol–water partition coefficient (Wildman–Crippen LogP) is -1.69. The number of hydrogen-bond acceptors (Lipinski definition) is 5. The van der Waals surface area contributed by atoms with Gasteiger partial charge in [0.25, 0.3) is 5.91 Å². The number of quaternary nitrogens is 1. The number of nitrogens with one attached hydrogen (secondary N) is 2. The van der Waals surface area contributed by atoms with Gasteiger partial charge in [0.2, 0.25) is 16.8 Å². The zero-order valence-corrected chi connectivity index (χ0v) is 14.4. The Morgan fingerprint density at radius 2 is 1.96 bits per heavy atom. The van der Waals surface area contributed by atoms with Crippen LogP contribution < -0.4 is 19.7 Å². The van der Waals surface area contributed by atoms with Crippen LogP contribution in [0.4, 0.5) is 0 Å². The normalized spacial score (nSPS) is 18.5. The molecular formula is C15H22N3O5S+. The Bertz CT molecular complexity index is 714. The number of rotatable bonds is 5. The molecule has 8 nitrogen and oxygen atoms in total. The quantitative estimate of drug-likeness (QED) is 0.657. The van der Waals surface area contributed by atoms with Crippen LogP contribution in [0.1, 0.15) is 10.4 Å². The van der Waals surface area contributed by atoms with Gasteiger partial charge in [-0.3, -0.25) is 4.79 Å². The summed E-state index contributed by atoms with van der Waals surface area (Å²) in [7, 11) is -1.28. The standard InChI is InChI=1S/C15H21N3O5S/c1-17-5-7-18(8-6-17)24(20,21)9-4-16-15(19)12-2-3-13-14(10-12)23-11-22-13/h2-3,10H,4-9,11H2,1H3,(H,16,19)/p+1. The molecule has 1 aromatic carbocycles. The van der Waals surface area contributed by atoms with Gasteiger partial charge in [-0.2, -0.15) is 4.31 Å². The molecule has 0 atom stereocenters. The molecule has 24 heavy (non-hydrogen) atoms. The molecule has 0 bridgehead atoms. The van der Waals surface area contributed by atoms with E-state index >= 15 is 0 Å². The lowest BCUT2D eigenvalue weighted by atomic mass is 10.2. The Labute approximate surface area is 141 Å². The highest BCUT2D eigenvalue weighted by atomic mass is 32.2. The SMILES string of the molecule is C[NH+]1CCN(S(=O)(=O)CCNC(=O)c2ccc3c(c2)OCO3)CC1. The number of ether oxygens (including phenoxy) is 2. The molecule has 0 unspecified atom stereocenters. The van der Waals surface area contributed by atoms with Crippen LogP contribution in [0.5, 0.6) is 11.5 Å². The number of nitrogens with zero attached hydrogens (tertiary/aromatic N) is 1.